The lowest BCUT2D eigenvalue weighted by Gasteiger charge is -2.15. The summed E-state index contributed by atoms with van der Waals surface area (Å²) in [5.41, 5.74) is -3.06. The van der Waals surface area contributed by atoms with Crippen LogP contribution < -0.4 is 9.46 Å². The summed E-state index contributed by atoms with van der Waals surface area (Å²) in [6.07, 6.45) is -8.64. The summed E-state index contributed by atoms with van der Waals surface area (Å²) in [6, 6.07) is 5.20. The molecule has 0 radical (unpaired) electrons. The minimum Gasteiger partial charge on any atom is -0.457 e. The average Bonchev–Trinajstić information content (AvgIpc) is 3.13. The first kappa shape index (κ1) is 21.9. The molecule has 1 N–H and O–H groups in total. The predicted octanol–water partition coefficient (Wildman–Crippen LogP) is 5.77. The van der Waals surface area contributed by atoms with Crippen molar-refractivity contribution in [2.45, 2.75) is 17.2 Å². The Morgan fingerprint density at radius 2 is 1.43 bits per heavy atom. The van der Waals surface area contributed by atoms with E-state index in [1.165, 1.54) is 6.20 Å². The molecule has 0 amide bonds. The number of anilines is 1. The number of nitrogens with one attached hydrogen (secondary N) is 1. The van der Waals surface area contributed by atoms with E-state index in [0.29, 0.717) is 12.1 Å². The highest BCUT2D eigenvalue weighted by molar-refractivity contribution is 7.93. The Labute approximate surface area is 170 Å². The fraction of sp³-hybridized carbons (Fsp3) is 0.118. The van der Waals surface area contributed by atoms with Crippen LogP contribution in [0.3, 0.4) is 0 Å². The Kier molecular flexibility index (Phi) is 5.69. The number of hydrogen-bond acceptors (Lipinski definition) is 5. The minimum atomic E-state index is -5.02. The number of nitrogens with zero attached hydrogens (tertiary/aromatic N) is 1. The van der Waals surface area contributed by atoms with Crippen molar-refractivity contribution in [2.24, 2.45) is 0 Å². The van der Waals surface area contributed by atoms with Gasteiger partial charge in [0.2, 0.25) is 0 Å². The molecular formula is C17H10F6N2O3S2. The second-order valence-electron chi connectivity index (χ2n) is 5.76. The summed E-state index contributed by atoms with van der Waals surface area (Å²) < 4.78 is 109. The molecule has 0 fully saturated rings. The maximum Gasteiger partial charge on any atom is 0.416 e. The summed E-state index contributed by atoms with van der Waals surface area (Å²) in [6.45, 7) is 0. The molecule has 0 aliphatic heterocycles. The Morgan fingerprint density at radius 1 is 0.867 bits per heavy atom. The molecule has 0 aliphatic carbocycles. The monoisotopic (exact) mass is 468 g/mol. The zero-order chi connectivity index (χ0) is 22.2. The molecule has 1 aromatic heterocycles. The van der Waals surface area contributed by atoms with Crippen LogP contribution in [0.2, 0.25) is 0 Å². The lowest BCUT2D eigenvalue weighted by atomic mass is 10.1. The molecule has 2 aromatic carbocycles. The first-order chi connectivity index (χ1) is 13.8. The van der Waals surface area contributed by atoms with E-state index in [2.05, 4.69) is 9.71 Å². The van der Waals surface area contributed by atoms with Gasteiger partial charge >= 0.3 is 12.4 Å². The number of thiazole rings is 1. The number of aromatic nitrogens is 1. The number of ether oxygens (including phenoxy) is 1. The van der Waals surface area contributed by atoms with Crippen LogP contribution in [0.25, 0.3) is 0 Å². The minimum absolute atomic E-state index is 0.0210. The first-order valence-electron chi connectivity index (χ1n) is 7.84. The van der Waals surface area contributed by atoms with Crippen molar-refractivity contribution in [2.75, 3.05) is 4.72 Å². The molecule has 0 atom stereocenters. The molecule has 0 aliphatic rings. The highest BCUT2D eigenvalue weighted by Crippen LogP contribution is 2.39. The fourth-order valence-corrected chi connectivity index (χ4v) is 4.04. The van der Waals surface area contributed by atoms with E-state index in [-0.39, 0.29) is 21.8 Å². The largest absolute Gasteiger partial charge is 0.457 e. The summed E-state index contributed by atoms with van der Waals surface area (Å²) in [5.74, 6) is -0.857. The summed E-state index contributed by atoms with van der Waals surface area (Å²) in [7, 11) is -3.98. The van der Waals surface area contributed by atoms with Crippen molar-refractivity contribution in [3.8, 4) is 11.5 Å². The van der Waals surface area contributed by atoms with E-state index in [9.17, 15) is 34.8 Å². The van der Waals surface area contributed by atoms with Crippen LogP contribution in [0.4, 0.5) is 31.5 Å². The third-order valence-electron chi connectivity index (χ3n) is 3.58. The fourth-order valence-electron chi connectivity index (χ4n) is 2.26. The smallest absolute Gasteiger partial charge is 0.416 e. The maximum atomic E-state index is 12.9. The summed E-state index contributed by atoms with van der Waals surface area (Å²) in [5, 5.41) is 1.68. The molecule has 0 spiro atoms. The van der Waals surface area contributed by atoms with E-state index >= 15 is 0 Å². The zero-order valence-corrected chi connectivity index (χ0v) is 16.1. The molecule has 0 bridgehead atoms. The third kappa shape index (κ3) is 5.21. The summed E-state index contributed by atoms with van der Waals surface area (Å²) in [4.78, 5) is 3.57. The van der Waals surface area contributed by atoms with E-state index < -0.39 is 39.3 Å². The Balaban J connectivity index is 1.86. The number of rotatable bonds is 5. The summed E-state index contributed by atoms with van der Waals surface area (Å²) >= 11 is 1.05. The van der Waals surface area contributed by atoms with Gasteiger partial charge in [0.25, 0.3) is 10.0 Å². The van der Waals surface area contributed by atoms with Gasteiger partial charge in [-0.15, -0.1) is 11.3 Å². The molecule has 0 saturated heterocycles. The van der Waals surface area contributed by atoms with Crippen LogP contribution in [-0.2, 0) is 22.4 Å². The second-order valence-corrected chi connectivity index (χ2v) is 8.33. The molecule has 160 valence electrons. The lowest BCUT2D eigenvalue weighted by Crippen LogP contribution is -2.12. The molecule has 3 aromatic rings. The van der Waals surface area contributed by atoms with Crippen LogP contribution in [0.1, 0.15) is 11.1 Å². The maximum absolute atomic E-state index is 12.9. The highest BCUT2D eigenvalue weighted by atomic mass is 32.2. The predicted molar refractivity (Wildman–Crippen MR) is 95.9 cm³/mol. The second kappa shape index (κ2) is 7.80. The van der Waals surface area contributed by atoms with Gasteiger partial charge in [-0.3, -0.25) is 4.72 Å². The standard InChI is InChI=1S/C17H10F6N2O3S2/c18-16(19,20)10-7-11(17(21,22)23)9-13(8-10)28-12-1-3-14(4-2-12)30(26,27)25-15-24-5-6-29-15/h1-9H,(H,24,25). The molecular weight excluding hydrogens is 458 g/mol. The van der Waals surface area contributed by atoms with Gasteiger partial charge < -0.3 is 4.74 Å². The average molecular weight is 468 g/mol. The number of halogens is 6. The third-order valence-corrected chi connectivity index (χ3v) is 5.76. The van der Waals surface area contributed by atoms with Crippen LogP contribution >= 0.6 is 11.3 Å². The van der Waals surface area contributed by atoms with Crippen LogP contribution in [0.5, 0.6) is 11.5 Å². The van der Waals surface area contributed by atoms with Gasteiger partial charge in [-0.05, 0) is 42.5 Å². The molecule has 0 unspecified atom stereocenters. The Bertz CT molecular complexity index is 1090. The van der Waals surface area contributed by atoms with Crippen molar-refractivity contribution in [3.63, 3.8) is 0 Å². The van der Waals surface area contributed by atoms with E-state index in [1.54, 1.807) is 5.38 Å². The van der Waals surface area contributed by atoms with Crippen LogP contribution in [0.15, 0.2) is 58.9 Å². The van der Waals surface area contributed by atoms with Gasteiger partial charge in [0, 0.05) is 11.6 Å². The lowest BCUT2D eigenvalue weighted by molar-refractivity contribution is -0.143. The number of benzene rings is 2. The van der Waals surface area contributed by atoms with Crippen molar-refractivity contribution < 1.29 is 39.5 Å². The SMILES string of the molecule is O=S(=O)(Nc1nccs1)c1ccc(Oc2cc(C(F)(F)F)cc(C(F)(F)F)c2)cc1. The van der Waals surface area contributed by atoms with Gasteiger partial charge in [0.05, 0.1) is 16.0 Å². The first-order valence-corrected chi connectivity index (χ1v) is 10.2. The molecule has 1 heterocycles. The van der Waals surface area contributed by atoms with Gasteiger partial charge in [-0.2, -0.15) is 26.3 Å². The normalized spacial score (nSPS) is 12.6. The van der Waals surface area contributed by atoms with Crippen molar-refractivity contribution in [1.82, 2.24) is 4.98 Å². The van der Waals surface area contributed by atoms with Crippen molar-refractivity contribution in [1.29, 1.82) is 0 Å². The molecule has 0 saturated carbocycles. The van der Waals surface area contributed by atoms with Gasteiger partial charge in [-0.1, -0.05) is 0 Å². The molecule has 30 heavy (non-hydrogen) atoms. The molecule has 5 nitrogen and oxygen atoms in total. The Morgan fingerprint density at radius 3 is 1.90 bits per heavy atom. The van der Waals surface area contributed by atoms with Crippen molar-refractivity contribution in [3.05, 3.63) is 65.2 Å². The van der Waals surface area contributed by atoms with Gasteiger partial charge in [0.15, 0.2) is 5.13 Å². The highest BCUT2D eigenvalue weighted by Gasteiger charge is 2.37. The molecule has 3 rings (SSSR count). The number of sulfonamides is 1. The Hall–Kier alpha value is -2.80. The van der Waals surface area contributed by atoms with Crippen LogP contribution in [0, 0.1) is 0 Å². The van der Waals surface area contributed by atoms with E-state index in [1.807, 2.05) is 0 Å². The molecule has 13 heteroatoms. The van der Waals surface area contributed by atoms with Crippen LogP contribution in [-0.4, -0.2) is 13.4 Å². The van der Waals surface area contributed by atoms with Gasteiger partial charge in [0.1, 0.15) is 11.5 Å². The van der Waals surface area contributed by atoms with Crippen molar-refractivity contribution >= 4 is 26.5 Å². The number of hydrogen-bond donors (Lipinski definition) is 1. The zero-order valence-electron chi connectivity index (χ0n) is 14.5. The quantitative estimate of drug-likeness (QED) is 0.483. The van der Waals surface area contributed by atoms with Gasteiger partial charge in [-0.25, -0.2) is 13.4 Å². The topological polar surface area (TPSA) is 68.3 Å². The number of alkyl halides is 6. The van der Waals surface area contributed by atoms with E-state index in [0.717, 1.165) is 35.6 Å². The van der Waals surface area contributed by atoms with E-state index in [4.69, 9.17) is 4.74 Å².